The standard InChI is InChI=1S/C34H54O11/c1-9-33(5,6)43-16-24-28(38)29(39)30(40)32(44-24)45-31-26-22(17(2)14-42-19(4)35)12-25(36)34(26,7)13-23-20(15-41-8)10-11-21(23)18(3)27(31)37/h9,13,17-18,20-21,24-25,27-32,36-40H,1,10-12,14-16H2,2-8H3/b23-13-/t17-,18-,20-,21+,24-,25+,27-,28-,29+,30-,31-,32-,34+/m1/s1. The van der Waals surface area contributed by atoms with E-state index < -0.39 is 66.0 Å². The van der Waals surface area contributed by atoms with Crippen LogP contribution in [0.3, 0.4) is 0 Å². The molecule has 4 rings (SSSR count). The molecule has 1 saturated carbocycles. The second kappa shape index (κ2) is 14.2. The smallest absolute Gasteiger partial charge is 0.302 e. The lowest BCUT2D eigenvalue weighted by atomic mass is 9.68. The third-order valence-corrected chi connectivity index (χ3v) is 10.6. The first-order chi connectivity index (χ1) is 21.1. The van der Waals surface area contributed by atoms with E-state index in [2.05, 4.69) is 12.7 Å². The van der Waals surface area contributed by atoms with Crippen molar-refractivity contribution in [3.05, 3.63) is 35.5 Å². The van der Waals surface area contributed by atoms with Gasteiger partial charge in [0.1, 0.15) is 30.5 Å². The van der Waals surface area contributed by atoms with Gasteiger partial charge in [0.05, 0.1) is 37.6 Å². The summed E-state index contributed by atoms with van der Waals surface area (Å²) < 4.78 is 29.3. The molecule has 1 aliphatic heterocycles. The Bertz CT molecular complexity index is 1130. The largest absolute Gasteiger partial charge is 0.465 e. The molecule has 5 N–H and O–H groups in total. The van der Waals surface area contributed by atoms with Gasteiger partial charge in [0, 0.05) is 31.3 Å². The van der Waals surface area contributed by atoms with Crippen LogP contribution in [0.4, 0.5) is 0 Å². The van der Waals surface area contributed by atoms with Crippen LogP contribution in [0.5, 0.6) is 0 Å². The summed E-state index contributed by atoms with van der Waals surface area (Å²) in [5.41, 5.74) is 0.864. The predicted octanol–water partition coefficient (Wildman–Crippen LogP) is 2.04. The fourth-order valence-corrected chi connectivity index (χ4v) is 7.56. The minimum absolute atomic E-state index is 0.00578. The molecule has 45 heavy (non-hydrogen) atoms. The molecule has 0 spiro atoms. The van der Waals surface area contributed by atoms with Crippen molar-refractivity contribution < 1.29 is 54.0 Å². The summed E-state index contributed by atoms with van der Waals surface area (Å²) in [6, 6.07) is 0. The number of rotatable bonds is 11. The third-order valence-electron chi connectivity index (χ3n) is 10.6. The fraction of sp³-hybridized carbons (Fsp3) is 0.794. The molecule has 256 valence electrons. The Kier molecular flexibility index (Phi) is 11.4. The van der Waals surface area contributed by atoms with Crippen LogP contribution in [0.15, 0.2) is 35.5 Å². The van der Waals surface area contributed by atoms with Gasteiger partial charge < -0.3 is 49.2 Å². The first kappa shape index (κ1) is 36.2. The summed E-state index contributed by atoms with van der Waals surface area (Å²) in [5, 5.41) is 56.5. The Morgan fingerprint density at radius 3 is 2.44 bits per heavy atom. The van der Waals surface area contributed by atoms with Gasteiger partial charge in [-0.05, 0) is 57.4 Å². The van der Waals surface area contributed by atoms with E-state index >= 15 is 0 Å². The molecule has 0 aromatic heterocycles. The van der Waals surface area contributed by atoms with Gasteiger partial charge >= 0.3 is 5.97 Å². The van der Waals surface area contributed by atoms with Crippen molar-refractivity contribution >= 4 is 5.97 Å². The van der Waals surface area contributed by atoms with Crippen LogP contribution >= 0.6 is 0 Å². The van der Waals surface area contributed by atoms with E-state index in [1.165, 1.54) is 6.92 Å². The lowest BCUT2D eigenvalue weighted by Crippen LogP contribution is -2.61. The zero-order valence-electron chi connectivity index (χ0n) is 27.7. The van der Waals surface area contributed by atoms with Crippen LogP contribution in [-0.2, 0) is 28.5 Å². The van der Waals surface area contributed by atoms with Crippen molar-refractivity contribution in [3.63, 3.8) is 0 Å². The van der Waals surface area contributed by atoms with Crippen molar-refractivity contribution in [1.29, 1.82) is 0 Å². The van der Waals surface area contributed by atoms with Gasteiger partial charge in [0.15, 0.2) is 6.29 Å². The number of methoxy groups -OCH3 is 1. The van der Waals surface area contributed by atoms with E-state index in [-0.39, 0.29) is 43.3 Å². The predicted molar refractivity (Wildman–Crippen MR) is 165 cm³/mol. The minimum Gasteiger partial charge on any atom is -0.465 e. The molecule has 0 unspecified atom stereocenters. The topological polar surface area (TPSA) is 164 Å². The highest BCUT2D eigenvalue weighted by Crippen LogP contribution is 2.55. The van der Waals surface area contributed by atoms with Gasteiger partial charge in [-0.2, -0.15) is 0 Å². The molecule has 3 aliphatic carbocycles. The second-order valence-corrected chi connectivity index (χ2v) is 14.2. The zero-order valence-corrected chi connectivity index (χ0v) is 27.7. The number of aliphatic hydroxyl groups excluding tert-OH is 5. The first-order valence-electron chi connectivity index (χ1n) is 16.1. The van der Waals surface area contributed by atoms with Gasteiger partial charge in [0.25, 0.3) is 0 Å². The van der Waals surface area contributed by atoms with Crippen LogP contribution in [0, 0.1) is 29.1 Å². The van der Waals surface area contributed by atoms with E-state index in [9.17, 15) is 30.3 Å². The Morgan fingerprint density at radius 1 is 1.13 bits per heavy atom. The number of esters is 1. The summed E-state index contributed by atoms with van der Waals surface area (Å²) in [7, 11) is 1.67. The number of carbonyl (C=O) groups is 1. The molecule has 1 saturated heterocycles. The lowest BCUT2D eigenvalue weighted by molar-refractivity contribution is -0.319. The average Bonchev–Trinajstić information content (AvgIpc) is 3.49. The van der Waals surface area contributed by atoms with E-state index in [4.69, 9.17) is 23.7 Å². The van der Waals surface area contributed by atoms with Gasteiger partial charge in [-0.3, -0.25) is 4.79 Å². The molecule has 11 heteroatoms. The van der Waals surface area contributed by atoms with Crippen LogP contribution in [0.1, 0.15) is 60.8 Å². The quantitative estimate of drug-likeness (QED) is 0.166. The van der Waals surface area contributed by atoms with E-state index in [0.717, 1.165) is 24.0 Å². The normalized spacial score (nSPS) is 42.2. The molecule has 0 amide bonds. The number of aliphatic hydroxyl groups is 5. The van der Waals surface area contributed by atoms with E-state index in [0.29, 0.717) is 12.2 Å². The third kappa shape index (κ3) is 7.27. The lowest BCUT2D eigenvalue weighted by Gasteiger charge is -2.46. The Balaban J connectivity index is 1.78. The maximum absolute atomic E-state index is 12.1. The molecule has 0 radical (unpaired) electrons. The Hall–Kier alpha value is -1.67. The molecular weight excluding hydrogens is 584 g/mol. The number of hydrogen-bond acceptors (Lipinski definition) is 11. The zero-order chi connectivity index (χ0) is 33.4. The van der Waals surface area contributed by atoms with Crippen molar-refractivity contribution in [3.8, 4) is 0 Å². The number of hydrogen-bond donors (Lipinski definition) is 5. The molecule has 1 heterocycles. The van der Waals surface area contributed by atoms with Crippen molar-refractivity contribution in [2.24, 2.45) is 29.1 Å². The minimum atomic E-state index is -1.64. The maximum Gasteiger partial charge on any atom is 0.302 e. The van der Waals surface area contributed by atoms with Gasteiger partial charge in [-0.25, -0.2) is 0 Å². The van der Waals surface area contributed by atoms with Crippen LogP contribution < -0.4 is 0 Å². The fourth-order valence-electron chi connectivity index (χ4n) is 7.56. The second-order valence-electron chi connectivity index (χ2n) is 14.2. The summed E-state index contributed by atoms with van der Waals surface area (Å²) in [6.07, 6.45) is -4.51. The number of fused-ring (bicyclic) bond motifs is 2. The Labute approximate surface area is 266 Å². The van der Waals surface area contributed by atoms with E-state index in [1.807, 2.05) is 20.8 Å². The highest BCUT2D eigenvalue weighted by molar-refractivity contribution is 5.65. The van der Waals surface area contributed by atoms with Crippen molar-refractivity contribution in [2.45, 2.75) is 115 Å². The summed E-state index contributed by atoms with van der Waals surface area (Å²) in [5.74, 6) is -0.878. The van der Waals surface area contributed by atoms with Crippen molar-refractivity contribution in [1.82, 2.24) is 0 Å². The monoisotopic (exact) mass is 638 g/mol. The van der Waals surface area contributed by atoms with Crippen LogP contribution in [-0.4, -0.2) is 113 Å². The molecule has 0 aromatic carbocycles. The maximum atomic E-state index is 12.1. The highest BCUT2D eigenvalue weighted by Gasteiger charge is 2.55. The number of carbonyl (C=O) groups excluding carboxylic acids is 1. The van der Waals surface area contributed by atoms with Crippen LogP contribution in [0.2, 0.25) is 0 Å². The van der Waals surface area contributed by atoms with Crippen molar-refractivity contribution in [2.75, 3.05) is 26.9 Å². The molecule has 11 nitrogen and oxygen atoms in total. The van der Waals surface area contributed by atoms with Gasteiger partial charge in [0.2, 0.25) is 0 Å². The van der Waals surface area contributed by atoms with Gasteiger partial charge in [-0.1, -0.05) is 37.1 Å². The molecule has 4 aliphatic rings. The van der Waals surface area contributed by atoms with Crippen LogP contribution in [0.25, 0.3) is 0 Å². The Morgan fingerprint density at radius 2 is 1.82 bits per heavy atom. The summed E-state index contributed by atoms with van der Waals surface area (Å²) in [6.45, 7) is 15.0. The molecule has 2 fully saturated rings. The highest BCUT2D eigenvalue weighted by atomic mass is 16.7. The average molecular weight is 639 g/mol. The van der Waals surface area contributed by atoms with E-state index in [1.54, 1.807) is 27.0 Å². The SMILES string of the molecule is C=CC(C)(C)OC[C@H]1O[C@H](O[C@@H]2C3=C([C@H](C)COC(C)=O)C[C@H](O)[C@]3(C)/C=C3/[C@@H](COC)CC[C@H]3[C@@H](C)[C@H]2O)[C@H](O)[C@@H](O)[C@@H]1O. The summed E-state index contributed by atoms with van der Waals surface area (Å²) in [4.78, 5) is 11.7. The molecule has 0 aromatic rings. The summed E-state index contributed by atoms with van der Waals surface area (Å²) >= 11 is 0. The number of ether oxygens (including phenoxy) is 5. The first-order valence-corrected chi connectivity index (χ1v) is 16.1. The molecule has 0 bridgehead atoms. The van der Waals surface area contributed by atoms with Gasteiger partial charge in [-0.15, -0.1) is 6.58 Å². The molecular formula is C34H54O11. The molecule has 13 atom stereocenters.